The smallest absolute Gasteiger partial charge is 0.273 e. The molecule has 1 atom stereocenters. The molecule has 2 aromatic heterocycles. The summed E-state index contributed by atoms with van der Waals surface area (Å²) in [5, 5.41) is 4.66. The highest BCUT2D eigenvalue weighted by atomic mass is 32.1. The summed E-state index contributed by atoms with van der Waals surface area (Å²) in [6, 6.07) is 7.91. The van der Waals surface area contributed by atoms with Gasteiger partial charge in [-0.2, -0.15) is 0 Å². The minimum Gasteiger partial charge on any atom is -0.376 e. The number of aryl methyl sites for hydroxylation is 1. The van der Waals surface area contributed by atoms with Gasteiger partial charge in [0.05, 0.1) is 28.6 Å². The molecule has 3 aromatic rings. The minimum atomic E-state index is -0.0999. The molecule has 0 N–H and O–H groups in total. The fraction of sp³-hybridized carbons (Fsp3) is 0.375. The van der Waals surface area contributed by atoms with Gasteiger partial charge in [0, 0.05) is 6.61 Å². The summed E-state index contributed by atoms with van der Waals surface area (Å²) in [4.78, 5) is 20.0. The highest BCUT2D eigenvalue weighted by Gasteiger charge is 2.29. The maximum Gasteiger partial charge on any atom is 0.273 e. The van der Waals surface area contributed by atoms with Crippen molar-refractivity contribution in [2.75, 3.05) is 18.1 Å². The van der Waals surface area contributed by atoms with Gasteiger partial charge in [-0.1, -0.05) is 28.0 Å². The van der Waals surface area contributed by atoms with Crippen LogP contribution in [0, 0.1) is 6.92 Å². The monoisotopic (exact) mass is 360 g/mol. The Labute approximate surface area is 147 Å². The number of rotatable bonds is 4. The summed E-state index contributed by atoms with van der Waals surface area (Å²) in [6.07, 6.45) is 2.06. The molecular weight excluding hydrogens is 344 g/mol. The molecule has 1 fully saturated rings. The van der Waals surface area contributed by atoms with Crippen molar-refractivity contribution in [2.45, 2.75) is 25.9 Å². The van der Waals surface area contributed by atoms with E-state index < -0.39 is 0 Å². The lowest BCUT2D eigenvalue weighted by Gasteiger charge is -2.22. The standard InChI is InChI=1S/C16H16N4O2S2/c1-10-14(24-19-18-10)15(21)20(9-11-5-4-8-22-11)16-17-12-6-2-3-7-13(12)23-16/h2-3,6-7,11H,4-5,8-9H2,1H3. The molecule has 0 bridgehead atoms. The van der Waals surface area contributed by atoms with Gasteiger partial charge >= 0.3 is 0 Å². The lowest BCUT2D eigenvalue weighted by atomic mass is 10.2. The van der Waals surface area contributed by atoms with Crippen LogP contribution >= 0.6 is 22.9 Å². The first kappa shape index (κ1) is 15.6. The Kier molecular flexibility index (Phi) is 4.26. The molecule has 0 saturated carbocycles. The number of amides is 1. The normalized spacial score (nSPS) is 17.5. The molecule has 0 radical (unpaired) electrons. The first-order chi connectivity index (χ1) is 11.7. The Morgan fingerprint density at radius 1 is 1.42 bits per heavy atom. The van der Waals surface area contributed by atoms with Crippen molar-refractivity contribution in [3.05, 3.63) is 34.8 Å². The maximum atomic E-state index is 13.1. The predicted octanol–water partition coefficient (Wildman–Crippen LogP) is 3.28. The van der Waals surface area contributed by atoms with Gasteiger partial charge in [-0.15, -0.1) is 5.10 Å². The zero-order chi connectivity index (χ0) is 16.5. The highest BCUT2D eigenvalue weighted by Crippen LogP contribution is 2.31. The van der Waals surface area contributed by atoms with E-state index in [9.17, 15) is 4.79 Å². The van der Waals surface area contributed by atoms with E-state index in [1.54, 1.807) is 11.8 Å². The van der Waals surface area contributed by atoms with Crippen LogP contribution in [0.3, 0.4) is 0 Å². The highest BCUT2D eigenvalue weighted by molar-refractivity contribution is 7.22. The van der Waals surface area contributed by atoms with E-state index in [1.165, 1.54) is 11.3 Å². The van der Waals surface area contributed by atoms with Gasteiger partial charge in [0.25, 0.3) is 5.91 Å². The Hall–Kier alpha value is -1.90. The van der Waals surface area contributed by atoms with Crippen molar-refractivity contribution < 1.29 is 9.53 Å². The molecule has 124 valence electrons. The molecule has 6 nitrogen and oxygen atoms in total. The van der Waals surface area contributed by atoms with Crippen LogP contribution in [-0.4, -0.2) is 39.7 Å². The number of fused-ring (bicyclic) bond motifs is 1. The van der Waals surface area contributed by atoms with Crippen LogP contribution < -0.4 is 4.90 Å². The number of carbonyl (C=O) groups is 1. The van der Waals surface area contributed by atoms with E-state index in [1.807, 2.05) is 24.3 Å². The molecule has 4 rings (SSSR count). The number of ether oxygens (including phenoxy) is 1. The quantitative estimate of drug-likeness (QED) is 0.714. The van der Waals surface area contributed by atoms with Crippen LogP contribution in [-0.2, 0) is 4.74 Å². The van der Waals surface area contributed by atoms with Gasteiger partial charge in [-0.25, -0.2) is 4.98 Å². The summed E-state index contributed by atoms with van der Waals surface area (Å²) < 4.78 is 10.7. The summed E-state index contributed by atoms with van der Waals surface area (Å²) in [5.41, 5.74) is 1.56. The van der Waals surface area contributed by atoms with E-state index in [4.69, 9.17) is 4.74 Å². The SMILES string of the molecule is Cc1nnsc1C(=O)N(CC1CCCO1)c1nc2ccccc2s1. The van der Waals surface area contributed by atoms with Crippen LogP contribution in [0.1, 0.15) is 28.2 Å². The Bertz CT molecular complexity index is 837. The fourth-order valence-electron chi connectivity index (χ4n) is 2.77. The van der Waals surface area contributed by atoms with Crippen molar-refractivity contribution in [3.63, 3.8) is 0 Å². The summed E-state index contributed by atoms with van der Waals surface area (Å²) >= 11 is 2.65. The van der Waals surface area contributed by atoms with E-state index in [0.29, 0.717) is 22.2 Å². The second-order valence-corrected chi connectivity index (χ2v) is 7.47. The third-order valence-corrected chi connectivity index (χ3v) is 5.89. The van der Waals surface area contributed by atoms with E-state index >= 15 is 0 Å². The maximum absolute atomic E-state index is 13.1. The van der Waals surface area contributed by atoms with Crippen LogP contribution in [0.5, 0.6) is 0 Å². The van der Waals surface area contributed by atoms with Crippen molar-refractivity contribution >= 4 is 44.1 Å². The number of benzene rings is 1. The molecule has 1 aromatic carbocycles. The number of thiazole rings is 1. The van der Waals surface area contributed by atoms with E-state index in [2.05, 4.69) is 14.6 Å². The summed E-state index contributed by atoms with van der Waals surface area (Å²) in [7, 11) is 0. The van der Waals surface area contributed by atoms with E-state index in [0.717, 1.165) is 41.2 Å². The largest absolute Gasteiger partial charge is 0.376 e. The molecule has 1 amide bonds. The Balaban J connectivity index is 1.71. The van der Waals surface area contributed by atoms with Gasteiger partial charge in [-0.3, -0.25) is 9.69 Å². The molecule has 8 heteroatoms. The average Bonchev–Trinajstić information content (AvgIpc) is 3.32. The second kappa shape index (κ2) is 6.54. The Morgan fingerprint density at radius 3 is 3.00 bits per heavy atom. The lowest BCUT2D eigenvalue weighted by molar-refractivity contribution is 0.0920. The molecule has 0 spiro atoms. The number of para-hydroxylation sites is 1. The van der Waals surface area contributed by atoms with Crippen LogP contribution in [0.15, 0.2) is 24.3 Å². The zero-order valence-electron chi connectivity index (χ0n) is 13.1. The first-order valence-electron chi connectivity index (χ1n) is 7.80. The zero-order valence-corrected chi connectivity index (χ0v) is 14.8. The van der Waals surface area contributed by atoms with Gasteiger partial charge < -0.3 is 4.74 Å². The first-order valence-corrected chi connectivity index (χ1v) is 9.39. The third-order valence-electron chi connectivity index (χ3n) is 4.01. The molecule has 3 heterocycles. The molecule has 1 saturated heterocycles. The predicted molar refractivity (Wildman–Crippen MR) is 94.9 cm³/mol. The van der Waals surface area contributed by atoms with Gasteiger partial charge in [0.15, 0.2) is 5.13 Å². The van der Waals surface area contributed by atoms with Crippen molar-refractivity contribution in [3.8, 4) is 0 Å². The Morgan fingerprint density at radius 2 is 2.29 bits per heavy atom. The minimum absolute atomic E-state index is 0.0575. The number of aromatic nitrogens is 3. The number of carbonyl (C=O) groups excluding carboxylic acids is 1. The molecular formula is C16H16N4O2S2. The molecule has 1 aliphatic rings. The number of anilines is 1. The van der Waals surface area contributed by atoms with Gasteiger partial charge in [0.1, 0.15) is 4.88 Å². The fourth-order valence-corrected chi connectivity index (χ4v) is 4.35. The number of nitrogens with zero attached hydrogens (tertiary/aromatic N) is 4. The van der Waals surface area contributed by atoms with E-state index in [-0.39, 0.29) is 12.0 Å². The van der Waals surface area contributed by atoms with Crippen molar-refractivity contribution in [2.24, 2.45) is 0 Å². The van der Waals surface area contributed by atoms with Crippen LogP contribution in [0.25, 0.3) is 10.2 Å². The average molecular weight is 360 g/mol. The molecule has 24 heavy (non-hydrogen) atoms. The second-order valence-electron chi connectivity index (χ2n) is 5.70. The molecule has 1 aliphatic heterocycles. The van der Waals surface area contributed by atoms with Gasteiger partial charge in [-0.05, 0) is 43.4 Å². The van der Waals surface area contributed by atoms with Gasteiger partial charge in [0.2, 0.25) is 0 Å². The molecule has 0 aliphatic carbocycles. The third kappa shape index (κ3) is 2.92. The topological polar surface area (TPSA) is 68.2 Å². The number of hydrogen-bond acceptors (Lipinski definition) is 7. The summed E-state index contributed by atoms with van der Waals surface area (Å²) in [6.45, 7) is 3.07. The lowest BCUT2D eigenvalue weighted by Crippen LogP contribution is -2.37. The van der Waals surface area contributed by atoms with Crippen molar-refractivity contribution in [1.82, 2.24) is 14.6 Å². The molecule has 1 unspecified atom stereocenters. The summed E-state index contributed by atoms with van der Waals surface area (Å²) in [5.74, 6) is -0.0999. The van der Waals surface area contributed by atoms with Crippen LogP contribution in [0.2, 0.25) is 0 Å². The van der Waals surface area contributed by atoms with Crippen molar-refractivity contribution in [1.29, 1.82) is 0 Å². The number of hydrogen-bond donors (Lipinski definition) is 0. The van der Waals surface area contributed by atoms with Crippen LogP contribution in [0.4, 0.5) is 5.13 Å².